The molecule has 4 rings (SSSR count). The normalized spacial score (nSPS) is 23.0. The first-order valence-electron chi connectivity index (χ1n) is 7.91. The van der Waals surface area contributed by atoms with Gasteiger partial charge in [-0.2, -0.15) is 5.26 Å². The Labute approximate surface area is 150 Å². The molecular weight excluding hydrogens is 355 g/mol. The number of aliphatic imine (C=N–C) groups is 1. The molecule has 0 saturated heterocycles. The second-order valence-corrected chi connectivity index (χ2v) is 8.58. The molecule has 0 unspecified atom stereocenters. The number of benzene rings is 2. The van der Waals surface area contributed by atoms with Gasteiger partial charge in [-0.1, -0.05) is 12.1 Å². The summed E-state index contributed by atoms with van der Waals surface area (Å²) in [6.45, 7) is 0. The number of guanidine groups is 1. The van der Waals surface area contributed by atoms with Gasteiger partial charge < -0.3 is 5.73 Å². The van der Waals surface area contributed by atoms with Gasteiger partial charge in [-0.05, 0) is 41.0 Å². The molecule has 1 aliphatic carbocycles. The number of nitrogens with zero attached hydrogens (tertiary/aromatic N) is 3. The summed E-state index contributed by atoms with van der Waals surface area (Å²) in [5.74, 6) is -0.686. The zero-order chi connectivity index (χ0) is 18.7. The highest BCUT2D eigenvalue weighted by atomic mass is 32.2. The second-order valence-electron chi connectivity index (χ2n) is 6.58. The van der Waals surface area contributed by atoms with Gasteiger partial charge in [-0.3, -0.25) is 0 Å². The van der Waals surface area contributed by atoms with E-state index in [1.807, 2.05) is 6.07 Å². The Morgan fingerprint density at radius 1 is 1.35 bits per heavy atom. The molecule has 1 heterocycles. The van der Waals surface area contributed by atoms with Crippen molar-refractivity contribution in [3.05, 3.63) is 58.9 Å². The van der Waals surface area contributed by atoms with Crippen LogP contribution in [0.3, 0.4) is 0 Å². The Morgan fingerprint density at radius 2 is 2.12 bits per heavy atom. The van der Waals surface area contributed by atoms with Crippen LogP contribution < -0.4 is 5.73 Å². The third-order valence-corrected chi connectivity index (χ3v) is 6.83. The van der Waals surface area contributed by atoms with Gasteiger partial charge in [0.2, 0.25) is 16.0 Å². The number of nitriles is 1. The van der Waals surface area contributed by atoms with E-state index in [1.54, 1.807) is 30.3 Å². The molecule has 0 bridgehead atoms. The minimum Gasteiger partial charge on any atom is -0.369 e. The molecule has 0 saturated carbocycles. The molecule has 0 amide bonds. The van der Waals surface area contributed by atoms with Crippen LogP contribution >= 0.6 is 0 Å². The quantitative estimate of drug-likeness (QED) is 0.826. The average Bonchev–Trinajstić information content (AvgIpc) is 2.59. The van der Waals surface area contributed by atoms with Gasteiger partial charge in [0.05, 0.1) is 17.4 Å². The third kappa shape index (κ3) is 2.28. The van der Waals surface area contributed by atoms with E-state index in [-0.39, 0.29) is 11.7 Å². The zero-order valence-electron chi connectivity index (χ0n) is 13.9. The molecule has 132 valence electrons. The predicted molar refractivity (Wildman–Crippen MR) is 95.1 cm³/mol. The van der Waals surface area contributed by atoms with Gasteiger partial charge in [-0.15, -0.1) is 0 Å². The van der Waals surface area contributed by atoms with Crippen LogP contribution in [0.25, 0.3) is 11.1 Å². The van der Waals surface area contributed by atoms with E-state index in [2.05, 4.69) is 4.99 Å². The van der Waals surface area contributed by atoms with E-state index in [0.717, 1.165) is 9.87 Å². The lowest BCUT2D eigenvalue weighted by atomic mass is 9.71. The first kappa shape index (κ1) is 16.5. The fourth-order valence-electron chi connectivity index (χ4n) is 3.57. The van der Waals surface area contributed by atoms with Gasteiger partial charge in [0.15, 0.2) is 0 Å². The molecule has 1 spiro atoms. The number of sulfonamides is 1. The molecule has 2 N–H and O–H groups in total. The van der Waals surface area contributed by atoms with Crippen LogP contribution in [0.1, 0.15) is 16.7 Å². The van der Waals surface area contributed by atoms with Crippen LogP contribution in [0.15, 0.2) is 41.4 Å². The maximum Gasteiger partial charge on any atom is 0.239 e. The molecule has 1 aliphatic heterocycles. The van der Waals surface area contributed by atoms with E-state index in [4.69, 9.17) is 11.0 Å². The third-order valence-electron chi connectivity index (χ3n) is 4.97. The summed E-state index contributed by atoms with van der Waals surface area (Å²) < 4.78 is 40.3. The first-order chi connectivity index (χ1) is 12.3. The van der Waals surface area contributed by atoms with Crippen LogP contribution in [-0.4, -0.2) is 31.5 Å². The summed E-state index contributed by atoms with van der Waals surface area (Å²) in [5, 5.41) is 9.05. The topological polar surface area (TPSA) is 99.5 Å². The van der Waals surface area contributed by atoms with Crippen LogP contribution in [0.4, 0.5) is 4.39 Å². The number of rotatable bonds is 1. The summed E-state index contributed by atoms with van der Waals surface area (Å²) >= 11 is 0. The number of hydrogen-bond acceptors (Lipinski definition) is 5. The van der Waals surface area contributed by atoms with E-state index in [9.17, 15) is 12.8 Å². The Balaban J connectivity index is 1.86. The van der Waals surface area contributed by atoms with Crippen molar-refractivity contribution in [2.24, 2.45) is 10.7 Å². The standard InChI is InChI=1S/C18H15FN4O2S/c1-23-17(21)22-18(10-26(23,24)25)8-13-6-16(19)14(7-15(13)18)12-4-2-3-11(5-12)9-20/h2-7H,8,10H2,1H3,(H2,21,22)/t18-/m0/s1. The van der Waals surface area contributed by atoms with Gasteiger partial charge in [0.1, 0.15) is 11.4 Å². The molecule has 0 radical (unpaired) electrons. The van der Waals surface area contributed by atoms with E-state index >= 15 is 0 Å². The van der Waals surface area contributed by atoms with Crippen molar-refractivity contribution in [1.29, 1.82) is 5.26 Å². The number of fused-ring (bicyclic) bond motifs is 2. The maximum absolute atomic E-state index is 14.6. The lowest BCUT2D eigenvalue weighted by Crippen LogP contribution is -2.55. The summed E-state index contributed by atoms with van der Waals surface area (Å²) in [7, 11) is -2.21. The van der Waals surface area contributed by atoms with Crippen LogP contribution in [-0.2, 0) is 22.0 Å². The Bertz CT molecular complexity index is 1120. The monoisotopic (exact) mass is 370 g/mol. The predicted octanol–water partition coefficient (Wildman–Crippen LogP) is 1.71. The van der Waals surface area contributed by atoms with Crippen molar-refractivity contribution >= 4 is 16.0 Å². The Hall–Kier alpha value is -2.92. The fourth-order valence-corrected chi connectivity index (χ4v) is 5.01. The lowest BCUT2D eigenvalue weighted by Gasteiger charge is -2.44. The van der Waals surface area contributed by atoms with Crippen molar-refractivity contribution in [3.63, 3.8) is 0 Å². The number of hydrogen-bond donors (Lipinski definition) is 1. The summed E-state index contributed by atoms with van der Waals surface area (Å²) in [5.41, 5.74) is 7.50. The Morgan fingerprint density at radius 3 is 2.81 bits per heavy atom. The maximum atomic E-state index is 14.6. The van der Waals surface area contributed by atoms with Gasteiger partial charge >= 0.3 is 0 Å². The second kappa shape index (κ2) is 5.29. The van der Waals surface area contributed by atoms with Crippen molar-refractivity contribution in [3.8, 4) is 17.2 Å². The molecular formula is C18H15FN4O2S. The van der Waals surface area contributed by atoms with E-state index < -0.39 is 21.4 Å². The summed E-state index contributed by atoms with van der Waals surface area (Å²) in [6.07, 6.45) is 0.325. The average molecular weight is 370 g/mol. The largest absolute Gasteiger partial charge is 0.369 e. The minimum atomic E-state index is -3.58. The highest BCUT2D eigenvalue weighted by Gasteiger charge is 2.50. The SMILES string of the molecule is CN1C(N)=N[C@@]2(Cc3cc(F)c(-c4cccc(C#N)c4)cc32)CS1(=O)=O. The van der Waals surface area contributed by atoms with Gasteiger partial charge in [0, 0.05) is 19.0 Å². The highest BCUT2D eigenvalue weighted by Crippen LogP contribution is 2.47. The molecule has 6 nitrogen and oxygen atoms in total. The van der Waals surface area contributed by atoms with Crippen molar-refractivity contribution < 1.29 is 12.8 Å². The van der Waals surface area contributed by atoms with Crippen molar-refractivity contribution in [1.82, 2.24) is 4.31 Å². The van der Waals surface area contributed by atoms with Crippen molar-refractivity contribution in [2.75, 3.05) is 12.8 Å². The summed E-state index contributed by atoms with van der Waals surface area (Å²) in [6, 6.07) is 11.7. The molecule has 1 atom stereocenters. The van der Waals surface area contributed by atoms with Crippen LogP contribution in [0.2, 0.25) is 0 Å². The zero-order valence-corrected chi connectivity index (χ0v) is 14.7. The molecule has 2 aromatic carbocycles. The minimum absolute atomic E-state index is 0.0701. The molecule has 0 fully saturated rings. The first-order valence-corrected chi connectivity index (χ1v) is 9.52. The molecule has 2 aromatic rings. The van der Waals surface area contributed by atoms with Crippen LogP contribution in [0.5, 0.6) is 0 Å². The lowest BCUT2D eigenvalue weighted by molar-refractivity contribution is 0.399. The van der Waals surface area contributed by atoms with Crippen LogP contribution in [0, 0.1) is 17.1 Å². The smallest absolute Gasteiger partial charge is 0.239 e. The fraction of sp³-hybridized carbons (Fsp3) is 0.222. The van der Waals surface area contributed by atoms with E-state index in [1.165, 1.54) is 13.1 Å². The van der Waals surface area contributed by atoms with Gasteiger partial charge in [0.25, 0.3) is 0 Å². The highest BCUT2D eigenvalue weighted by molar-refractivity contribution is 7.89. The molecule has 0 aromatic heterocycles. The Kier molecular flexibility index (Phi) is 3.36. The molecule has 2 aliphatic rings. The van der Waals surface area contributed by atoms with Crippen molar-refractivity contribution in [2.45, 2.75) is 12.0 Å². The summed E-state index contributed by atoms with van der Waals surface area (Å²) in [4.78, 5) is 4.40. The number of nitrogens with two attached hydrogens (primary N) is 1. The molecule has 8 heteroatoms. The van der Waals surface area contributed by atoms with E-state index in [0.29, 0.717) is 28.7 Å². The number of halogens is 1. The van der Waals surface area contributed by atoms with Gasteiger partial charge in [-0.25, -0.2) is 22.1 Å². The molecule has 26 heavy (non-hydrogen) atoms.